The van der Waals surface area contributed by atoms with E-state index in [0.29, 0.717) is 36.9 Å². The predicted octanol–water partition coefficient (Wildman–Crippen LogP) is 7.71. The van der Waals surface area contributed by atoms with E-state index in [1.165, 1.54) is 0 Å². The molecular weight excluding hydrogens is 424 g/mol. The average molecular weight is 493 g/mol. The summed E-state index contributed by atoms with van der Waals surface area (Å²) in [5, 5.41) is 35.8. The molecule has 0 aliphatic carbocycles. The van der Waals surface area contributed by atoms with Gasteiger partial charge in [0.1, 0.15) is 0 Å². The minimum absolute atomic E-state index is 0.0741. The summed E-state index contributed by atoms with van der Waals surface area (Å²) in [5.74, 6) is 3.74. The number of hydrogen-bond donors (Lipinski definition) is 4. The Labute approximate surface area is 216 Å². The Balaban J connectivity index is -0.000000177. The van der Waals surface area contributed by atoms with Crippen LogP contribution in [0.1, 0.15) is 135 Å². The summed E-state index contributed by atoms with van der Waals surface area (Å²) in [4.78, 5) is 0. The quantitative estimate of drug-likeness (QED) is 0.212. The predicted molar refractivity (Wildman–Crippen MR) is 152 cm³/mol. The standard InChI is InChI=1S/2C8H18O.2C7H16O/c2*1-4-8(6-9)5-7(2)3;1-6(2)5-7(3,4)8;1-4-7(8)5-6(2)3/h2*7-9H,4-6H2,1-3H3;6,8H,5H2,1-4H3;6-8H,4-5H2,1-3H3/t2*8-;;/m10../s1. The Morgan fingerprint density at radius 1 is 0.559 bits per heavy atom. The van der Waals surface area contributed by atoms with Crippen LogP contribution in [0.5, 0.6) is 0 Å². The Morgan fingerprint density at radius 3 is 0.941 bits per heavy atom. The molecule has 4 heteroatoms. The van der Waals surface area contributed by atoms with Crippen molar-refractivity contribution in [3.8, 4) is 0 Å². The number of rotatable bonds is 13. The zero-order valence-corrected chi connectivity index (χ0v) is 25.7. The van der Waals surface area contributed by atoms with Crippen molar-refractivity contribution in [1.82, 2.24) is 0 Å². The maximum atomic E-state index is 9.19. The van der Waals surface area contributed by atoms with E-state index in [-0.39, 0.29) is 6.10 Å². The highest BCUT2D eigenvalue weighted by Crippen LogP contribution is 2.15. The van der Waals surface area contributed by atoms with Gasteiger partial charge in [-0.1, -0.05) is 89.0 Å². The van der Waals surface area contributed by atoms with Crippen LogP contribution < -0.4 is 0 Å². The molecule has 0 heterocycles. The van der Waals surface area contributed by atoms with Gasteiger partial charge >= 0.3 is 0 Å². The summed E-state index contributed by atoms with van der Waals surface area (Å²) in [7, 11) is 0. The van der Waals surface area contributed by atoms with Crippen LogP contribution in [-0.4, -0.2) is 45.3 Å². The molecule has 0 radical (unpaired) electrons. The van der Waals surface area contributed by atoms with Crippen LogP contribution in [-0.2, 0) is 0 Å². The molecule has 0 rings (SSSR count). The van der Waals surface area contributed by atoms with Gasteiger partial charge in [-0.25, -0.2) is 0 Å². The molecule has 34 heavy (non-hydrogen) atoms. The van der Waals surface area contributed by atoms with E-state index < -0.39 is 5.60 Å². The van der Waals surface area contributed by atoms with E-state index in [9.17, 15) is 5.11 Å². The van der Waals surface area contributed by atoms with Gasteiger partial charge in [0, 0.05) is 13.2 Å². The molecule has 0 aromatic carbocycles. The van der Waals surface area contributed by atoms with E-state index in [4.69, 9.17) is 15.3 Å². The van der Waals surface area contributed by atoms with Crippen LogP contribution >= 0.6 is 0 Å². The molecule has 4 N–H and O–H groups in total. The lowest BCUT2D eigenvalue weighted by Crippen LogP contribution is -2.20. The highest BCUT2D eigenvalue weighted by atomic mass is 16.3. The molecule has 0 spiro atoms. The first-order valence-electron chi connectivity index (χ1n) is 14.1. The van der Waals surface area contributed by atoms with Crippen molar-refractivity contribution >= 4 is 0 Å². The minimum Gasteiger partial charge on any atom is -0.396 e. The molecule has 0 fully saturated rings. The van der Waals surface area contributed by atoms with E-state index in [2.05, 4.69) is 69.2 Å². The molecule has 1 unspecified atom stereocenters. The van der Waals surface area contributed by atoms with Gasteiger partial charge in [-0.2, -0.15) is 0 Å². The van der Waals surface area contributed by atoms with Gasteiger partial charge in [0.25, 0.3) is 0 Å². The SMILES string of the molecule is CC(C)CC(C)(C)O.CCC(O)CC(C)C.CC[C@@H](CO)CC(C)C.CC[C@H](CO)CC(C)C. The van der Waals surface area contributed by atoms with Crippen molar-refractivity contribution in [1.29, 1.82) is 0 Å². The molecule has 0 amide bonds. The number of aliphatic hydroxyl groups excluding tert-OH is 3. The van der Waals surface area contributed by atoms with E-state index in [0.717, 1.165) is 56.8 Å². The van der Waals surface area contributed by atoms with E-state index in [1.54, 1.807) is 0 Å². The second-order valence-corrected chi connectivity index (χ2v) is 12.3. The first kappa shape index (κ1) is 41.0. The zero-order chi connectivity index (χ0) is 27.9. The topological polar surface area (TPSA) is 80.9 Å². The third-order valence-electron chi connectivity index (χ3n) is 5.40. The Hall–Kier alpha value is -0.160. The Kier molecular flexibility index (Phi) is 31.2. The molecule has 0 bridgehead atoms. The molecule has 3 atom stereocenters. The molecule has 0 saturated carbocycles. The fourth-order valence-corrected chi connectivity index (χ4v) is 3.78. The van der Waals surface area contributed by atoms with Crippen LogP contribution in [0.25, 0.3) is 0 Å². The van der Waals surface area contributed by atoms with Gasteiger partial charge in [-0.05, 0) is 81.5 Å². The molecule has 0 aromatic rings. The second kappa shape index (κ2) is 25.9. The van der Waals surface area contributed by atoms with Crippen molar-refractivity contribution < 1.29 is 20.4 Å². The third kappa shape index (κ3) is 42.0. The Morgan fingerprint density at radius 2 is 0.882 bits per heavy atom. The fraction of sp³-hybridized carbons (Fsp3) is 1.00. The van der Waals surface area contributed by atoms with Gasteiger partial charge in [0.15, 0.2) is 0 Å². The van der Waals surface area contributed by atoms with Crippen molar-refractivity contribution in [3.63, 3.8) is 0 Å². The summed E-state index contributed by atoms with van der Waals surface area (Å²) >= 11 is 0. The van der Waals surface area contributed by atoms with Crippen molar-refractivity contribution in [2.75, 3.05) is 13.2 Å². The summed E-state index contributed by atoms with van der Waals surface area (Å²) in [6, 6.07) is 0. The number of aliphatic hydroxyl groups is 4. The minimum atomic E-state index is -0.478. The molecule has 212 valence electrons. The third-order valence-corrected chi connectivity index (χ3v) is 5.40. The summed E-state index contributed by atoms with van der Waals surface area (Å²) in [6.07, 6.45) is 7.17. The lowest BCUT2D eigenvalue weighted by Gasteiger charge is -2.18. The second-order valence-electron chi connectivity index (χ2n) is 12.3. The van der Waals surface area contributed by atoms with Crippen molar-refractivity contribution in [3.05, 3.63) is 0 Å². The largest absolute Gasteiger partial charge is 0.396 e. The smallest absolute Gasteiger partial charge is 0.0594 e. The van der Waals surface area contributed by atoms with Gasteiger partial charge in [-0.3, -0.25) is 0 Å². The average Bonchev–Trinajstić information content (AvgIpc) is 2.68. The van der Waals surface area contributed by atoms with Crippen LogP contribution in [0.2, 0.25) is 0 Å². The lowest BCUT2D eigenvalue weighted by molar-refractivity contribution is 0.0578. The van der Waals surface area contributed by atoms with Crippen LogP contribution in [0.15, 0.2) is 0 Å². The van der Waals surface area contributed by atoms with Crippen molar-refractivity contribution in [2.45, 2.75) is 147 Å². The van der Waals surface area contributed by atoms with Crippen LogP contribution in [0.3, 0.4) is 0 Å². The molecule has 0 saturated heterocycles. The van der Waals surface area contributed by atoms with Gasteiger partial charge in [-0.15, -0.1) is 0 Å². The van der Waals surface area contributed by atoms with E-state index in [1.807, 2.05) is 20.8 Å². The zero-order valence-electron chi connectivity index (χ0n) is 25.7. The fourth-order valence-electron chi connectivity index (χ4n) is 3.78. The molecule has 0 aromatic heterocycles. The first-order chi connectivity index (χ1) is 15.5. The van der Waals surface area contributed by atoms with Gasteiger partial charge < -0.3 is 20.4 Å². The van der Waals surface area contributed by atoms with Crippen LogP contribution in [0.4, 0.5) is 0 Å². The Bertz CT molecular complexity index is 346. The summed E-state index contributed by atoms with van der Waals surface area (Å²) < 4.78 is 0. The molecule has 0 aliphatic rings. The normalized spacial score (nSPS) is 14.0. The number of hydrogen-bond acceptors (Lipinski definition) is 4. The van der Waals surface area contributed by atoms with Crippen LogP contribution in [0, 0.1) is 35.5 Å². The van der Waals surface area contributed by atoms with Gasteiger partial charge in [0.05, 0.1) is 11.7 Å². The van der Waals surface area contributed by atoms with Crippen molar-refractivity contribution in [2.24, 2.45) is 35.5 Å². The lowest BCUT2D eigenvalue weighted by atomic mass is 9.96. The highest BCUT2D eigenvalue weighted by Gasteiger charge is 2.13. The first-order valence-corrected chi connectivity index (χ1v) is 14.1. The summed E-state index contributed by atoms with van der Waals surface area (Å²) in [6.45, 7) is 27.9. The molecule has 4 nitrogen and oxygen atoms in total. The maximum Gasteiger partial charge on any atom is 0.0594 e. The summed E-state index contributed by atoms with van der Waals surface area (Å²) in [5.41, 5.74) is -0.478. The highest BCUT2D eigenvalue weighted by molar-refractivity contribution is 4.66. The monoisotopic (exact) mass is 493 g/mol. The van der Waals surface area contributed by atoms with Gasteiger partial charge in [0.2, 0.25) is 0 Å². The molecule has 0 aliphatic heterocycles. The molecular formula is C30H68O4. The maximum absolute atomic E-state index is 9.19. The van der Waals surface area contributed by atoms with E-state index >= 15 is 0 Å².